The lowest BCUT2D eigenvalue weighted by Crippen LogP contribution is -1.91. The van der Waals surface area contributed by atoms with Crippen LogP contribution in [0.4, 0.5) is 13.2 Å². The Morgan fingerprint density at radius 2 is 1.24 bits per heavy atom. The summed E-state index contributed by atoms with van der Waals surface area (Å²) >= 11 is 0. The lowest BCUT2D eigenvalue weighted by molar-refractivity contribution is 0.558. The molecule has 0 atom stereocenters. The second-order valence-electron chi connectivity index (χ2n) is 7.28. The van der Waals surface area contributed by atoms with E-state index in [0.717, 1.165) is 12.0 Å². The van der Waals surface area contributed by atoms with Crippen molar-refractivity contribution in [2.75, 3.05) is 0 Å². The fraction of sp³-hybridized carbons (Fsp3) is 0.231. The van der Waals surface area contributed by atoms with Crippen molar-refractivity contribution >= 4 is 0 Å². The van der Waals surface area contributed by atoms with E-state index in [-0.39, 0.29) is 27.9 Å². The number of rotatable bonds is 11. The van der Waals surface area contributed by atoms with Crippen molar-refractivity contribution in [1.82, 2.24) is 0 Å². The highest BCUT2D eigenvalue weighted by Gasteiger charge is 2.12. The van der Waals surface area contributed by atoms with Crippen LogP contribution in [0, 0.1) is 5.92 Å². The third-order valence-corrected chi connectivity index (χ3v) is 4.08. The number of halogens is 3. The average Bonchev–Trinajstić information content (AvgIpc) is 2.66. The molecule has 0 aliphatic rings. The molecule has 156 valence electrons. The minimum Gasteiger partial charge on any atom is -0.206 e. The summed E-state index contributed by atoms with van der Waals surface area (Å²) in [6.07, 6.45) is 6.97. The van der Waals surface area contributed by atoms with Crippen LogP contribution in [0.3, 0.4) is 0 Å². The number of hydrogen-bond acceptors (Lipinski definition) is 0. The van der Waals surface area contributed by atoms with Gasteiger partial charge in [0.2, 0.25) is 0 Å². The largest absolute Gasteiger partial charge is 0.206 e. The molecule has 0 radical (unpaired) electrons. The fourth-order valence-corrected chi connectivity index (χ4v) is 1.91. The van der Waals surface area contributed by atoms with E-state index < -0.39 is 17.5 Å². The first-order valence-corrected chi connectivity index (χ1v) is 9.19. The van der Waals surface area contributed by atoms with E-state index in [9.17, 15) is 13.2 Å². The zero-order valence-electron chi connectivity index (χ0n) is 18.0. The van der Waals surface area contributed by atoms with Gasteiger partial charge in [-0.25, -0.2) is 13.2 Å². The summed E-state index contributed by atoms with van der Waals surface area (Å²) in [6, 6.07) is 0. The molecular weight excluding hydrogens is 369 g/mol. The first kappa shape index (κ1) is 26.2. The smallest absolute Gasteiger partial charge is 0.166 e. The molecule has 0 N–H and O–H groups in total. The summed E-state index contributed by atoms with van der Waals surface area (Å²) < 4.78 is 42.1. The Kier molecular flexibility index (Phi) is 10.7. The van der Waals surface area contributed by atoms with Gasteiger partial charge < -0.3 is 0 Å². The normalized spacial score (nSPS) is 13.4. The van der Waals surface area contributed by atoms with Gasteiger partial charge in [-0.15, -0.1) is 0 Å². The molecule has 0 bridgehead atoms. The third kappa shape index (κ3) is 8.82. The zero-order chi connectivity index (χ0) is 22.9. The van der Waals surface area contributed by atoms with E-state index in [1.807, 2.05) is 13.0 Å². The molecule has 0 rings (SSSR count). The lowest BCUT2D eigenvalue weighted by atomic mass is 10.0. The van der Waals surface area contributed by atoms with Gasteiger partial charge in [0.15, 0.2) is 11.7 Å². The molecule has 29 heavy (non-hydrogen) atoms. The highest BCUT2D eigenvalue weighted by atomic mass is 19.2. The number of allylic oxidation sites excluding steroid dienone is 14. The van der Waals surface area contributed by atoms with Crippen molar-refractivity contribution in [3.63, 3.8) is 0 Å². The molecule has 0 fully saturated rings. The first-order chi connectivity index (χ1) is 13.3. The minimum atomic E-state index is -1.14. The Morgan fingerprint density at radius 1 is 0.759 bits per heavy atom. The molecule has 0 aromatic heterocycles. The molecule has 0 unspecified atom stereocenters. The van der Waals surface area contributed by atoms with Gasteiger partial charge in [-0.3, -0.25) is 0 Å². The van der Waals surface area contributed by atoms with E-state index in [4.69, 9.17) is 0 Å². The quantitative estimate of drug-likeness (QED) is 0.304. The van der Waals surface area contributed by atoms with Crippen LogP contribution in [-0.4, -0.2) is 0 Å². The van der Waals surface area contributed by atoms with Crippen LogP contribution in [0.2, 0.25) is 0 Å². The standard InChI is InChI=1S/C26H31F3/c1-16(2)11-12-18(5)21(8)15-24(27)22(9)19(6)13-14-20(7)23(10)26(29)25(28)17(3)4/h12-16H,3,6-11H2,1-2,4-5H3/b14-13-,18-12+,24-15+,26-25-. The Labute approximate surface area is 173 Å². The summed E-state index contributed by atoms with van der Waals surface area (Å²) in [5, 5.41) is 0. The molecule has 0 saturated heterocycles. The molecule has 0 saturated carbocycles. The summed E-state index contributed by atoms with van der Waals surface area (Å²) in [4.78, 5) is 0. The van der Waals surface area contributed by atoms with Crippen LogP contribution in [0.15, 0.2) is 120 Å². The third-order valence-electron chi connectivity index (χ3n) is 4.08. The maximum atomic E-state index is 14.5. The Hall–Kier alpha value is -2.81. The van der Waals surface area contributed by atoms with Crippen molar-refractivity contribution in [2.45, 2.75) is 34.1 Å². The molecular formula is C26H31F3. The molecule has 0 aromatic carbocycles. The van der Waals surface area contributed by atoms with Crippen LogP contribution in [-0.2, 0) is 0 Å². The first-order valence-electron chi connectivity index (χ1n) is 9.19. The van der Waals surface area contributed by atoms with Crippen LogP contribution in [0.25, 0.3) is 0 Å². The fourth-order valence-electron chi connectivity index (χ4n) is 1.91. The molecule has 0 nitrogen and oxygen atoms in total. The molecule has 0 aliphatic heterocycles. The molecule has 0 aromatic rings. The number of hydrogen-bond donors (Lipinski definition) is 0. The predicted octanol–water partition coefficient (Wildman–Crippen LogP) is 8.90. The molecule has 3 heteroatoms. The predicted molar refractivity (Wildman–Crippen MR) is 121 cm³/mol. The molecule has 0 spiro atoms. The maximum Gasteiger partial charge on any atom is 0.166 e. The monoisotopic (exact) mass is 400 g/mol. The SMILES string of the molecule is C=C(/C=C\C(=C)C(=C)/C(F)=C\C(=C)/C(C)=C/CC(C)C)C(=C)/C(F)=C(/F)C(=C)C. The zero-order valence-corrected chi connectivity index (χ0v) is 18.0. The topological polar surface area (TPSA) is 0 Å². The van der Waals surface area contributed by atoms with Gasteiger partial charge in [-0.05, 0) is 60.1 Å². The summed E-state index contributed by atoms with van der Waals surface area (Å²) in [6.45, 7) is 29.2. The molecule has 0 heterocycles. The van der Waals surface area contributed by atoms with Crippen LogP contribution in [0.1, 0.15) is 34.1 Å². The average molecular weight is 401 g/mol. The Morgan fingerprint density at radius 3 is 1.69 bits per heavy atom. The lowest BCUT2D eigenvalue weighted by Gasteiger charge is -2.08. The van der Waals surface area contributed by atoms with E-state index in [0.29, 0.717) is 11.5 Å². The van der Waals surface area contributed by atoms with E-state index >= 15 is 0 Å². The van der Waals surface area contributed by atoms with E-state index in [2.05, 4.69) is 53.3 Å². The van der Waals surface area contributed by atoms with Crippen molar-refractivity contribution in [1.29, 1.82) is 0 Å². The van der Waals surface area contributed by atoms with Gasteiger partial charge >= 0.3 is 0 Å². The van der Waals surface area contributed by atoms with Gasteiger partial charge in [-0.2, -0.15) is 0 Å². The van der Waals surface area contributed by atoms with Crippen molar-refractivity contribution in [2.24, 2.45) is 5.92 Å². The Bertz CT molecular complexity index is 852. The van der Waals surface area contributed by atoms with Gasteiger partial charge in [0.25, 0.3) is 0 Å². The van der Waals surface area contributed by atoms with Crippen molar-refractivity contribution in [3.05, 3.63) is 120 Å². The van der Waals surface area contributed by atoms with Gasteiger partial charge in [0, 0.05) is 11.1 Å². The van der Waals surface area contributed by atoms with Crippen LogP contribution in [0.5, 0.6) is 0 Å². The molecule has 0 aliphatic carbocycles. The van der Waals surface area contributed by atoms with Gasteiger partial charge in [0.05, 0.1) is 0 Å². The van der Waals surface area contributed by atoms with Crippen molar-refractivity contribution < 1.29 is 13.2 Å². The minimum absolute atomic E-state index is 0.0524. The second-order valence-corrected chi connectivity index (χ2v) is 7.28. The second kappa shape index (κ2) is 11.9. The van der Waals surface area contributed by atoms with E-state index in [1.165, 1.54) is 25.2 Å². The highest BCUT2D eigenvalue weighted by Crippen LogP contribution is 2.27. The Balaban J connectivity index is 5.24. The van der Waals surface area contributed by atoms with Gasteiger partial charge in [0.1, 0.15) is 5.83 Å². The van der Waals surface area contributed by atoms with Crippen LogP contribution < -0.4 is 0 Å². The maximum absolute atomic E-state index is 14.5. The summed E-state index contributed by atoms with van der Waals surface area (Å²) in [5.41, 5.74) is 1.58. The molecule has 0 amide bonds. The van der Waals surface area contributed by atoms with Crippen molar-refractivity contribution in [3.8, 4) is 0 Å². The van der Waals surface area contributed by atoms with E-state index in [1.54, 1.807) is 0 Å². The highest BCUT2D eigenvalue weighted by molar-refractivity contribution is 5.54. The van der Waals surface area contributed by atoms with Crippen LogP contribution >= 0.6 is 0 Å². The summed E-state index contributed by atoms with van der Waals surface area (Å²) in [7, 11) is 0. The summed E-state index contributed by atoms with van der Waals surface area (Å²) in [5.74, 6) is -2.30. The van der Waals surface area contributed by atoms with Gasteiger partial charge in [-0.1, -0.05) is 71.5 Å².